The molecule has 2 heterocycles. The zero-order chi connectivity index (χ0) is 21.7. The Morgan fingerprint density at radius 3 is 2.70 bits per heavy atom. The van der Waals surface area contributed by atoms with Crippen molar-refractivity contribution >= 4 is 5.96 Å². The van der Waals surface area contributed by atoms with E-state index in [0.717, 1.165) is 55.9 Å². The van der Waals surface area contributed by atoms with E-state index < -0.39 is 0 Å². The van der Waals surface area contributed by atoms with Crippen LogP contribution < -0.4 is 15.4 Å². The van der Waals surface area contributed by atoms with Crippen molar-refractivity contribution < 1.29 is 4.74 Å². The first-order valence-electron chi connectivity index (χ1n) is 10.9. The van der Waals surface area contributed by atoms with Gasteiger partial charge in [0.15, 0.2) is 5.96 Å². The Morgan fingerprint density at radius 2 is 2.03 bits per heavy atom. The van der Waals surface area contributed by atoms with Gasteiger partial charge in [0, 0.05) is 25.6 Å². The van der Waals surface area contributed by atoms with Crippen LogP contribution in [-0.4, -0.2) is 40.9 Å². The average Bonchev–Trinajstić information content (AvgIpc) is 3.11. The van der Waals surface area contributed by atoms with E-state index in [0.29, 0.717) is 5.92 Å². The third-order valence-electron chi connectivity index (χ3n) is 5.43. The molecule has 0 spiro atoms. The van der Waals surface area contributed by atoms with Crippen molar-refractivity contribution in [2.45, 2.75) is 65.5 Å². The first-order valence-corrected chi connectivity index (χ1v) is 10.9. The van der Waals surface area contributed by atoms with Gasteiger partial charge >= 0.3 is 0 Å². The number of guanidine groups is 1. The lowest BCUT2D eigenvalue weighted by molar-refractivity contribution is 0.271. The first kappa shape index (κ1) is 22.1. The number of aromatic nitrogens is 3. The molecule has 7 heteroatoms. The standard InChI is InChI=1S/C23H36N6O/c1-16(2)14-30-19-11-9-18(10-12-19)23(4,5)15-25-22(24-6)27-20-8-7-13-29-21(20)26-17(3)28-29/h9-12,16,20H,7-8,13-15H2,1-6H3,(H2,24,25,27). The van der Waals surface area contributed by atoms with Gasteiger partial charge in [-0.3, -0.25) is 4.99 Å². The Balaban J connectivity index is 1.59. The fraction of sp³-hybridized carbons (Fsp3) is 0.609. The van der Waals surface area contributed by atoms with Gasteiger partial charge < -0.3 is 15.4 Å². The average molecular weight is 413 g/mol. The Morgan fingerprint density at radius 1 is 1.30 bits per heavy atom. The lowest BCUT2D eigenvalue weighted by Gasteiger charge is -2.29. The second-order valence-corrected chi connectivity index (χ2v) is 9.12. The van der Waals surface area contributed by atoms with E-state index in [2.05, 4.69) is 77.7 Å². The molecule has 0 fully saturated rings. The summed E-state index contributed by atoms with van der Waals surface area (Å²) in [5.41, 5.74) is 1.20. The predicted molar refractivity (Wildman–Crippen MR) is 121 cm³/mol. The molecular weight excluding hydrogens is 376 g/mol. The number of nitrogens with zero attached hydrogens (tertiary/aromatic N) is 4. The molecule has 3 rings (SSSR count). The number of nitrogens with one attached hydrogen (secondary N) is 2. The SMILES string of the molecule is CN=C(NCC(C)(C)c1ccc(OCC(C)C)cc1)NC1CCCn2nc(C)nc21. The summed E-state index contributed by atoms with van der Waals surface area (Å²) in [5.74, 6) is 4.05. The molecule has 0 saturated carbocycles. The van der Waals surface area contributed by atoms with Gasteiger partial charge in [-0.2, -0.15) is 5.10 Å². The Hall–Kier alpha value is -2.57. The first-order chi connectivity index (χ1) is 14.3. The van der Waals surface area contributed by atoms with Crippen LogP contribution in [0.15, 0.2) is 29.3 Å². The van der Waals surface area contributed by atoms with E-state index >= 15 is 0 Å². The van der Waals surface area contributed by atoms with Crippen LogP contribution in [0, 0.1) is 12.8 Å². The van der Waals surface area contributed by atoms with Gasteiger partial charge in [0.2, 0.25) is 0 Å². The number of aryl methyl sites for hydroxylation is 2. The quantitative estimate of drug-likeness (QED) is 0.537. The number of fused-ring (bicyclic) bond motifs is 1. The number of rotatable bonds is 7. The third-order valence-corrected chi connectivity index (χ3v) is 5.43. The van der Waals surface area contributed by atoms with Crippen LogP contribution in [0.25, 0.3) is 0 Å². The van der Waals surface area contributed by atoms with Crippen LogP contribution >= 0.6 is 0 Å². The fourth-order valence-corrected chi connectivity index (χ4v) is 3.64. The molecule has 164 valence electrons. The van der Waals surface area contributed by atoms with Gasteiger partial charge in [-0.1, -0.05) is 39.8 Å². The summed E-state index contributed by atoms with van der Waals surface area (Å²) in [5, 5.41) is 11.5. The smallest absolute Gasteiger partial charge is 0.191 e. The van der Waals surface area contributed by atoms with Crippen LogP contribution in [0.3, 0.4) is 0 Å². The summed E-state index contributed by atoms with van der Waals surface area (Å²) < 4.78 is 7.82. The molecule has 1 aliphatic rings. The van der Waals surface area contributed by atoms with E-state index in [1.54, 1.807) is 0 Å². The van der Waals surface area contributed by atoms with Crippen molar-refractivity contribution in [3.05, 3.63) is 41.5 Å². The van der Waals surface area contributed by atoms with Crippen LogP contribution in [0.5, 0.6) is 5.75 Å². The number of benzene rings is 1. The molecule has 1 aromatic heterocycles. The van der Waals surface area contributed by atoms with Crippen molar-refractivity contribution in [3.8, 4) is 5.75 Å². The molecule has 1 aliphatic heterocycles. The lowest BCUT2D eigenvalue weighted by Crippen LogP contribution is -2.45. The predicted octanol–water partition coefficient (Wildman–Crippen LogP) is 3.60. The van der Waals surface area contributed by atoms with E-state index in [1.165, 1.54) is 5.56 Å². The summed E-state index contributed by atoms with van der Waals surface area (Å²) >= 11 is 0. The zero-order valence-corrected chi connectivity index (χ0v) is 19.2. The van der Waals surface area contributed by atoms with Crippen LogP contribution in [0.2, 0.25) is 0 Å². The largest absolute Gasteiger partial charge is 0.493 e. The summed E-state index contributed by atoms with van der Waals surface area (Å²) in [4.78, 5) is 9.04. The molecule has 2 aromatic rings. The van der Waals surface area contributed by atoms with E-state index in [-0.39, 0.29) is 11.5 Å². The number of hydrogen-bond acceptors (Lipinski definition) is 4. The van der Waals surface area contributed by atoms with Crippen LogP contribution in [-0.2, 0) is 12.0 Å². The maximum atomic E-state index is 5.81. The monoisotopic (exact) mass is 412 g/mol. The Kier molecular flexibility index (Phi) is 7.00. The molecule has 0 radical (unpaired) electrons. The summed E-state index contributed by atoms with van der Waals surface area (Å²) in [6.45, 7) is 13.2. The highest BCUT2D eigenvalue weighted by Gasteiger charge is 2.26. The zero-order valence-electron chi connectivity index (χ0n) is 19.2. The van der Waals surface area contributed by atoms with Gasteiger partial charge in [0.25, 0.3) is 0 Å². The highest BCUT2D eigenvalue weighted by molar-refractivity contribution is 5.80. The molecule has 1 aromatic carbocycles. The summed E-state index contributed by atoms with van der Waals surface area (Å²) in [6, 6.07) is 8.56. The van der Waals surface area contributed by atoms with E-state index in [4.69, 9.17) is 4.74 Å². The van der Waals surface area contributed by atoms with E-state index in [9.17, 15) is 0 Å². The molecule has 2 N–H and O–H groups in total. The molecule has 30 heavy (non-hydrogen) atoms. The minimum atomic E-state index is -0.0582. The lowest BCUT2D eigenvalue weighted by atomic mass is 9.84. The molecule has 1 atom stereocenters. The van der Waals surface area contributed by atoms with E-state index in [1.807, 2.05) is 18.7 Å². The maximum absolute atomic E-state index is 5.81. The topological polar surface area (TPSA) is 76.4 Å². The molecule has 0 amide bonds. The highest BCUT2D eigenvalue weighted by Crippen LogP contribution is 2.26. The molecule has 1 unspecified atom stereocenters. The minimum absolute atomic E-state index is 0.0582. The second-order valence-electron chi connectivity index (χ2n) is 9.12. The normalized spacial score (nSPS) is 17.0. The van der Waals surface area contributed by atoms with Crippen molar-refractivity contribution in [3.63, 3.8) is 0 Å². The van der Waals surface area contributed by atoms with Gasteiger partial charge in [-0.25, -0.2) is 9.67 Å². The number of aliphatic imine (C=N–C) groups is 1. The summed E-state index contributed by atoms with van der Waals surface area (Å²) in [6.07, 6.45) is 2.11. The molecule has 0 bridgehead atoms. The number of hydrogen-bond donors (Lipinski definition) is 2. The number of ether oxygens (including phenoxy) is 1. The van der Waals surface area contributed by atoms with Crippen LogP contribution in [0.1, 0.15) is 63.8 Å². The summed E-state index contributed by atoms with van der Waals surface area (Å²) in [7, 11) is 1.81. The van der Waals surface area contributed by atoms with Gasteiger partial charge in [0.1, 0.15) is 17.4 Å². The third kappa shape index (κ3) is 5.52. The molecule has 0 saturated heterocycles. The van der Waals surface area contributed by atoms with Gasteiger partial charge in [-0.15, -0.1) is 0 Å². The highest BCUT2D eigenvalue weighted by atomic mass is 16.5. The molecular formula is C23H36N6O. The van der Waals surface area contributed by atoms with Crippen molar-refractivity contribution in [2.24, 2.45) is 10.9 Å². The Labute approximate surface area is 180 Å². The second kappa shape index (κ2) is 9.49. The van der Waals surface area contributed by atoms with Crippen molar-refractivity contribution in [1.82, 2.24) is 25.4 Å². The Bertz CT molecular complexity index is 853. The van der Waals surface area contributed by atoms with Gasteiger partial charge in [-0.05, 0) is 43.4 Å². The van der Waals surface area contributed by atoms with Crippen molar-refractivity contribution in [1.29, 1.82) is 0 Å². The van der Waals surface area contributed by atoms with Gasteiger partial charge in [0.05, 0.1) is 12.6 Å². The van der Waals surface area contributed by atoms with Crippen molar-refractivity contribution in [2.75, 3.05) is 20.2 Å². The molecule has 7 nitrogen and oxygen atoms in total. The fourth-order valence-electron chi connectivity index (χ4n) is 3.64. The molecule has 0 aliphatic carbocycles. The minimum Gasteiger partial charge on any atom is -0.493 e. The maximum Gasteiger partial charge on any atom is 0.191 e. The van der Waals surface area contributed by atoms with Crippen LogP contribution in [0.4, 0.5) is 0 Å².